The van der Waals surface area contributed by atoms with Crippen molar-refractivity contribution in [2.75, 3.05) is 19.0 Å². The summed E-state index contributed by atoms with van der Waals surface area (Å²) >= 11 is 0. The minimum absolute atomic E-state index is 0.493. The summed E-state index contributed by atoms with van der Waals surface area (Å²) in [5.41, 5.74) is 3.28. The van der Waals surface area contributed by atoms with Crippen LogP contribution >= 0.6 is 0 Å². The van der Waals surface area contributed by atoms with Crippen LogP contribution in [0.5, 0.6) is 5.75 Å². The number of para-hydroxylation sites is 1. The average Bonchev–Trinajstić information content (AvgIpc) is 2.54. The molecule has 2 aromatic carbocycles. The molecule has 0 spiro atoms. The van der Waals surface area contributed by atoms with Crippen molar-refractivity contribution in [3.8, 4) is 5.75 Å². The summed E-state index contributed by atoms with van der Waals surface area (Å²) in [7, 11) is 1.64. The van der Waals surface area contributed by atoms with E-state index < -0.39 is 6.10 Å². The van der Waals surface area contributed by atoms with E-state index in [2.05, 4.69) is 30.4 Å². The molecule has 0 aromatic heterocycles. The van der Waals surface area contributed by atoms with E-state index in [4.69, 9.17) is 4.74 Å². The molecule has 0 bridgehead atoms. The first-order chi connectivity index (χ1) is 10.2. The van der Waals surface area contributed by atoms with Gasteiger partial charge in [-0.3, -0.25) is 0 Å². The van der Waals surface area contributed by atoms with E-state index in [-0.39, 0.29) is 0 Å². The Morgan fingerprint density at radius 2 is 1.81 bits per heavy atom. The molecule has 0 fully saturated rings. The molecular formula is C18H23NO2. The summed E-state index contributed by atoms with van der Waals surface area (Å²) < 4.78 is 5.12. The highest BCUT2D eigenvalue weighted by atomic mass is 16.5. The van der Waals surface area contributed by atoms with Crippen molar-refractivity contribution in [3.05, 3.63) is 59.7 Å². The number of aliphatic hydroxyl groups excluding tert-OH is 1. The molecule has 0 heterocycles. The van der Waals surface area contributed by atoms with Crippen molar-refractivity contribution in [2.24, 2.45) is 0 Å². The topological polar surface area (TPSA) is 41.5 Å². The van der Waals surface area contributed by atoms with Crippen LogP contribution in [0.2, 0.25) is 0 Å². The normalized spacial score (nSPS) is 12.0. The molecule has 0 aliphatic rings. The van der Waals surface area contributed by atoms with Gasteiger partial charge in [-0.05, 0) is 35.7 Å². The number of rotatable bonds is 7. The number of nitrogens with one attached hydrogen (secondary N) is 1. The Balaban J connectivity index is 1.98. The lowest BCUT2D eigenvalue weighted by molar-refractivity contribution is 0.191. The van der Waals surface area contributed by atoms with Crippen molar-refractivity contribution < 1.29 is 9.84 Å². The van der Waals surface area contributed by atoms with Gasteiger partial charge in [0, 0.05) is 12.2 Å². The summed E-state index contributed by atoms with van der Waals surface area (Å²) in [6, 6.07) is 15.8. The maximum atomic E-state index is 10.3. The first-order valence-electron chi connectivity index (χ1n) is 7.38. The lowest BCUT2D eigenvalue weighted by Crippen LogP contribution is -2.13. The number of hydrogen-bond donors (Lipinski definition) is 2. The molecule has 0 radical (unpaired) electrons. The van der Waals surface area contributed by atoms with Crippen molar-refractivity contribution in [3.63, 3.8) is 0 Å². The minimum atomic E-state index is -0.536. The fourth-order valence-electron chi connectivity index (χ4n) is 2.33. The van der Waals surface area contributed by atoms with Gasteiger partial charge in [0.25, 0.3) is 0 Å². The van der Waals surface area contributed by atoms with E-state index in [1.54, 1.807) is 7.11 Å². The summed E-state index contributed by atoms with van der Waals surface area (Å²) in [5.74, 6) is 0.798. The first kappa shape index (κ1) is 15.4. The fourth-order valence-corrected chi connectivity index (χ4v) is 2.33. The lowest BCUT2D eigenvalue weighted by atomic mass is 10.1. The van der Waals surface area contributed by atoms with Gasteiger partial charge < -0.3 is 15.2 Å². The maximum absolute atomic E-state index is 10.3. The number of anilines is 1. The molecule has 2 N–H and O–H groups in total. The van der Waals surface area contributed by atoms with Crippen LogP contribution in [0.4, 0.5) is 5.69 Å². The summed E-state index contributed by atoms with van der Waals surface area (Å²) in [4.78, 5) is 0. The van der Waals surface area contributed by atoms with Crippen molar-refractivity contribution in [1.29, 1.82) is 0 Å². The third kappa shape index (κ3) is 4.23. The molecule has 2 rings (SSSR count). The van der Waals surface area contributed by atoms with Crippen molar-refractivity contribution in [2.45, 2.75) is 25.9 Å². The molecule has 0 saturated carbocycles. The third-order valence-electron chi connectivity index (χ3n) is 3.52. The van der Waals surface area contributed by atoms with Crippen LogP contribution in [0, 0.1) is 0 Å². The zero-order chi connectivity index (χ0) is 15.1. The second-order valence-electron chi connectivity index (χ2n) is 5.08. The Labute approximate surface area is 126 Å². The standard InChI is InChI=1S/C18H23NO2/c1-3-6-14-7-4-5-8-17(14)19-13-18(20)15-9-11-16(21-2)12-10-15/h4-5,7-12,18-20H,3,6,13H2,1-2H3. The molecule has 0 saturated heterocycles. The van der Waals surface area contributed by atoms with E-state index in [1.165, 1.54) is 5.56 Å². The van der Waals surface area contributed by atoms with E-state index in [0.29, 0.717) is 6.54 Å². The number of ether oxygens (including phenoxy) is 1. The largest absolute Gasteiger partial charge is 0.497 e. The molecule has 0 amide bonds. The van der Waals surface area contributed by atoms with Gasteiger partial charge in [0.2, 0.25) is 0 Å². The van der Waals surface area contributed by atoms with Gasteiger partial charge in [-0.1, -0.05) is 43.7 Å². The summed E-state index contributed by atoms with van der Waals surface area (Å²) in [5, 5.41) is 13.6. The van der Waals surface area contributed by atoms with Gasteiger partial charge in [0.05, 0.1) is 13.2 Å². The third-order valence-corrected chi connectivity index (χ3v) is 3.52. The Bertz CT molecular complexity index is 551. The van der Waals surface area contributed by atoms with Crippen LogP contribution in [-0.2, 0) is 6.42 Å². The molecular weight excluding hydrogens is 262 g/mol. The maximum Gasteiger partial charge on any atom is 0.118 e. The molecule has 1 unspecified atom stereocenters. The quantitative estimate of drug-likeness (QED) is 0.813. The second kappa shape index (κ2) is 7.70. The number of benzene rings is 2. The van der Waals surface area contributed by atoms with Crippen LogP contribution in [-0.4, -0.2) is 18.8 Å². The second-order valence-corrected chi connectivity index (χ2v) is 5.08. The van der Waals surface area contributed by atoms with E-state index in [0.717, 1.165) is 29.8 Å². The highest BCUT2D eigenvalue weighted by Crippen LogP contribution is 2.20. The van der Waals surface area contributed by atoms with Crippen LogP contribution in [0.3, 0.4) is 0 Å². The zero-order valence-corrected chi connectivity index (χ0v) is 12.7. The van der Waals surface area contributed by atoms with Crippen LogP contribution in [0.25, 0.3) is 0 Å². The van der Waals surface area contributed by atoms with Gasteiger partial charge in [-0.25, -0.2) is 0 Å². The molecule has 1 atom stereocenters. The first-order valence-corrected chi connectivity index (χ1v) is 7.38. The van der Waals surface area contributed by atoms with E-state index >= 15 is 0 Å². The molecule has 112 valence electrons. The molecule has 21 heavy (non-hydrogen) atoms. The Kier molecular flexibility index (Phi) is 5.64. The van der Waals surface area contributed by atoms with Gasteiger partial charge in [-0.15, -0.1) is 0 Å². The number of aryl methyl sites for hydroxylation is 1. The highest BCUT2D eigenvalue weighted by Gasteiger charge is 2.08. The van der Waals surface area contributed by atoms with Crippen LogP contribution in [0.1, 0.15) is 30.6 Å². The molecule has 3 heteroatoms. The number of methoxy groups -OCH3 is 1. The Morgan fingerprint density at radius 1 is 1.10 bits per heavy atom. The predicted octanol–water partition coefficient (Wildman–Crippen LogP) is 3.79. The highest BCUT2D eigenvalue weighted by molar-refractivity contribution is 5.51. The monoisotopic (exact) mass is 285 g/mol. The van der Waals surface area contributed by atoms with E-state index in [1.807, 2.05) is 30.3 Å². The Hall–Kier alpha value is -2.00. The number of hydrogen-bond acceptors (Lipinski definition) is 3. The number of aliphatic hydroxyl groups is 1. The van der Waals surface area contributed by atoms with Crippen LogP contribution in [0.15, 0.2) is 48.5 Å². The summed E-state index contributed by atoms with van der Waals surface area (Å²) in [6.07, 6.45) is 1.62. The molecule has 0 aliphatic heterocycles. The Morgan fingerprint density at radius 3 is 2.48 bits per heavy atom. The van der Waals surface area contributed by atoms with Crippen molar-refractivity contribution >= 4 is 5.69 Å². The molecule has 0 aliphatic carbocycles. The van der Waals surface area contributed by atoms with Gasteiger partial charge >= 0.3 is 0 Å². The summed E-state index contributed by atoms with van der Waals surface area (Å²) in [6.45, 7) is 2.66. The van der Waals surface area contributed by atoms with Crippen LogP contribution < -0.4 is 10.1 Å². The zero-order valence-electron chi connectivity index (χ0n) is 12.7. The average molecular weight is 285 g/mol. The van der Waals surface area contributed by atoms with E-state index in [9.17, 15) is 5.11 Å². The predicted molar refractivity (Wildman–Crippen MR) is 86.9 cm³/mol. The van der Waals surface area contributed by atoms with Gasteiger partial charge in [0.15, 0.2) is 0 Å². The lowest BCUT2D eigenvalue weighted by Gasteiger charge is -2.16. The minimum Gasteiger partial charge on any atom is -0.497 e. The van der Waals surface area contributed by atoms with Gasteiger partial charge in [-0.2, -0.15) is 0 Å². The smallest absolute Gasteiger partial charge is 0.118 e. The molecule has 2 aromatic rings. The van der Waals surface area contributed by atoms with Crippen molar-refractivity contribution in [1.82, 2.24) is 0 Å². The SMILES string of the molecule is CCCc1ccccc1NCC(O)c1ccc(OC)cc1. The van der Waals surface area contributed by atoms with Gasteiger partial charge in [0.1, 0.15) is 5.75 Å². The molecule has 3 nitrogen and oxygen atoms in total. The fraction of sp³-hybridized carbons (Fsp3) is 0.333.